The van der Waals surface area contributed by atoms with Gasteiger partial charge in [-0.25, -0.2) is 9.78 Å². The average molecular weight is 384 g/mol. The summed E-state index contributed by atoms with van der Waals surface area (Å²) in [5.41, 5.74) is 1.56. The molecule has 0 radical (unpaired) electrons. The van der Waals surface area contributed by atoms with Crippen molar-refractivity contribution in [2.45, 2.75) is 26.3 Å². The van der Waals surface area contributed by atoms with E-state index in [-0.39, 0.29) is 5.97 Å². The molecular weight excluding hydrogens is 364 g/mol. The van der Waals surface area contributed by atoms with Gasteiger partial charge < -0.3 is 14.3 Å². The molecule has 1 N–H and O–H groups in total. The van der Waals surface area contributed by atoms with E-state index < -0.39 is 11.9 Å². The van der Waals surface area contributed by atoms with Gasteiger partial charge in [0.1, 0.15) is 6.04 Å². The summed E-state index contributed by atoms with van der Waals surface area (Å²) in [5, 5.41) is 0. The number of amides is 1. The Morgan fingerprint density at radius 2 is 2.19 bits per heavy atom. The summed E-state index contributed by atoms with van der Waals surface area (Å²) in [6.45, 7) is 3.98. The molecule has 0 fully saturated rings. The first kappa shape index (κ1) is 18.8. The highest BCUT2D eigenvalue weighted by Crippen LogP contribution is 2.23. The number of esters is 1. The number of nitrogens with zero attached hydrogens (tertiary/aromatic N) is 3. The molecule has 0 saturated heterocycles. The van der Waals surface area contributed by atoms with Gasteiger partial charge in [0.05, 0.1) is 35.0 Å². The number of H-pyrrole nitrogens is 1. The van der Waals surface area contributed by atoms with E-state index in [9.17, 15) is 9.59 Å². The smallest absolute Gasteiger partial charge is 0.329 e. The fraction of sp³-hybridized carbons (Fsp3) is 0.263. The Hall–Kier alpha value is -3.00. The number of fused-ring (bicyclic) bond motifs is 1. The van der Waals surface area contributed by atoms with Gasteiger partial charge in [0.2, 0.25) is 0 Å². The second-order valence-corrected chi connectivity index (χ2v) is 6.70. The zero-order valence-corrected chi connectivity index (χ0v) is 15.9. The minimum Gasteiger partial charge on any atom is -0.464 e. The monoisotopic (exact) mass is 384 g/mol. The Balaban J connectivity index is 2.06. The lowest BCUT2D eigenvalue weighted by molar-refractivity contribution is -0.147. The first-order valence-electron chi connectivity index (χ1n) is 8.65. The van der Waals surface area contributed by atoms with Gasteiger partial charge in [-0.3, -0.25) is 4.79 Å². The predicted octanol–water partition coefficient (Wildman–Crippen LogP) is 3.08. The molecule has 1 aromatic carbocycles. The van der Waals surface area contributed by atoms with Crippen molar-refractivity contribution in [1.82, 2.24) is 14.5 Å². The Bertz CT molecular complexity index is 1030. The van der Waals surface area contributed by atoms with Gasteiger partial charge in [0.15, 0.2) is 4.80 Å². The zero-order chi connectivity index (χ0) is 19.2. The van der Waals surface area contributed by atoms with Crippen molar-refractivity contribution < 1.29 is 14.3 Å². The summed E-state index contributed by atoms with van der Waals surface area (Å²) in [5.74, 6) is -0.742. The maximum absolute atomic E-state index is 12.4. The van der Waals surface area contributed by atoms with Gasteiger partial charge in [-0.2, -0.15) is 4.99 Å². The summed E-state index contributed by atoms with van der Waals surface area (Å²) < 4.78 is 7.96. The molecule has 0 saturated carbocycles. The van der Waals surface area contributed by atoms with Crippen LogP contribution in [0.5, 0.6) is 0 Å². The van der Waals surface area contributed by atoms with Crippen LogP contribution < -0.4 is 4.80 Å². The topological polar surface area (TPSA) is 89.3 Å². The maximum Gasteiger partial charge on any atom is 0.329 e. The largest absolute Gasteiger partial charge is 0.464 e. The number of ether oxygens (including phenoxy) is 1. The molecule has 0 aliphatic carbocycles. The van der Waals surface area contributed by atoms with E-state index >= 15 is 0 Å². The van der Waals surface area contributed by atoms with Crippen molar-refractivity contribution in [3.8, 4) is 0 Å². The number of rotatable bonds is 6. The highest BCUT2D eigenvalue weighted by Gasteiger charge is 2.23. The normalized spacial score (nSPS) is 13.3. The van der Waals surface area contributed by atoms with Gasteiger partial charge in [-0.15, -0.1) is 0 Å². The first-order chi connectivity index (χ1) is 13.1. The van der Waals surface area contributed by atoms with E-state index in [4.69, 9.17) is 4.74 Å². The van der Waals surface area contributed by atoms with E-state index in [1.54, 1.807) is 23.8 Å². The molecule has 140 valence electrons. The molecule has 0 bridgehead atoms. The van der Waals surface area contributed by atoms with Crippen LogP contribution in [0.25, 0.3) is 16.3 Å². The number of carbonyl (C=O) groups excluding carboxylic acids is 2. The van der Waals surface area contributed by atoms with Crippen LogP contribution in [0.3, 0.4) is 0 Å². The SMILES string of the molecule is CCOC(=O)C(CC)n1c(=NC(=O)/C=C/c2cnc[nH]2)sc2ccccc21. The standard InChI is InChI=1S/C19H20N4O3S/c1-3-14(18(25)26-4-2)23-15-7-5-6-8-16(15)27-19(23)22-17(24)10-9-13-11-20-12-21-13/h5-12,14H,3-4H2,1-2H3,(H,20,21)/b10-9+,22-19?. The third-order valence-electron chi connectivity index (χ3n) is 3.92. The van der Waals surface area contributed by atoms with Crippen molar-refractivity contribution in [3.05, 3.63) is 53.4 Å². The molecule has 8 heteroatoms. The minimum atomic E-state index is -0.538. The molecule has 2 aromatic heterocycles. The fourth-order valence-corrected chi connectivity index (χ4v) is 3.79. The van der Waals surface area contributed by atoms with Gasteiger partial charge in [0.25, 0.3) is 5.91 Å². The lowest BCUT2D eigenvalue weighted by atomic mass is 10.2. The average Bonchev–Trinajstić information content (AvgIpc) is 3.29. The van der Waals surface area contributed by atoms with Crippen LogP contribution in [0, 0.1) is 0 Å². The van der Waals surface area contributed by atoms with E-state index in [2.05, 4.69) is 15.0 Å². The molecule has 2 heterocycles. The van der Waals surface area contributed by atoms with Crippen LogP contribution in [0.2, 0.25) is 0 Å². The molecule has 0 aliphatic rings. The number of carbonyl (C=O) groups is 2. The number of aromatic nitrogens is 3. The number of hydrogen-bond donors (Lipinski definition) is 1. The molecule has 1 amide bonds. The van der Waals surface area contributed by atoms with E-state index in [0.717, 1.165) is 10.2 Å². The zero-order valence-electron chi connectivity index (χ0n) is 15.1. The molecular formula is C19H20N4O3S. The number of thiazole rings is 1. The Kier molecular flexibility index (Phi) is 5.97. The minimum absolute atomic E-state index is 0.302. The predicted molar refractivity (Wildman–Crippen MR) is 104 cm³/mol. The quantitative estimate of drug-likeness (QED) is 0.522. The maximum atomic E-state index is 12.4. The van der Waals surface area contributed by atoms with Crippen LogP contribution in [0.4, 0.5) is 0 Å². The third kappa shape index (κ3) is 4.22. The number of hydrogen-bond acceptors (Lipinski definition) is 5. The summed E-state index contributed by atoms with van der Waals surface area (Å²) in [7, 11) is 0. The molecule has 0 spiro atoms. The molecule has 3 rings (SSSR count). The second-order valence-electron chi connectivity index (χ2n) is 5.69. The number of imidazole rings is 1. The van der Waals surface area contributed by atoms with Crippen molar-refractivity contribution in [2.75, 3.05) is 6.61 Å². The fourth-order valence-electron chi connectivity index (χ4n) is 2.71. The van der Waals surface area contributed by atoms with E-state index in [1.807, 2.05) is 31.2 Å². The summed E-state index contributed by atoms with van der Waals surface area (Å²) in [6, 6.07) is 7.13. The molecule has 27 heavy (non-hydrogen) atoms. The van der Waals surface area contributed by atoms with Crippen LogP contribution in [0.1, 0.15) is 32.0 Å². The van der Waals surface area contributed by atoms with Gasteiger partial charge >= 0.3 is 5.97 Å². The number of benzene rings is 1. The number of para-hydroxylation sites is 1. The summed E-state index contributed by atoms with van der Waals surface area (Å²) in [4.78, 5) is 36.3. The molecule has 7 nitrogen and oxygen atoms in total. The molecule has 0 aliphatic heterocycles. The van der Waals surface area contributed by atoms with Gasteiger partial charge in [-0.05, 0) is 31.6 Å². The van der Waals surface area contributed by atoms with Crippen molar-refractivity contribution in [2.24, 2.45) is 4.99 Å². The van der Waals surface area contributed by atoms with Crippen LogP contribution in [0.15, 0.2) is 47.9 Å². The number of aromatic amines is 1. The van der Waals surface area contributed by atoms with Gasteiger partial charge in [0, 0.05) is 6.08 Å². The van der Waals surface area contributed by atoms with E-state index in [1.165, 1.54) is 23.7 Å². The first-order valence-corrected chi connectivity index (χ1v) is 9.47. The molecule has 3 aromatic rings. The lowest BCUT2D eigenvalue weighted by Crippen LogP contribution is -2.28. The summed E-state index contributed by atoms with van der Waals surface area (Å²) in [6.07, 6.45) is 6.65. The van der Waals surface area contributed by atoms with Crippen molar-refractivity contribution in [1.29, 1.82) is 0 Å². The summed E-state index contributed by atoms with van der Waals surface area (Å²) >= 11 is 1.37. The lowest BCUT2D eigenvalue weighted by Gasteiger charge is -2.16. The van der Waals surface area contributed by atoms with Gasteiger partial charge in [-0.1, -0.05) is 30.4 Å². The Labute approximate surface area is 160 Å². The third-order valence-corrected chi connectivity index (χ3v) is 4.96. The van der Waals surface area contributed by atoms with Crippen LogP contribution >= 0.6 is 11.3 Å². The van der Waals surface area contributed by atoms with Crippen LogP contribution in [-0.4, -0.2) is 33.0 Å². The number of nitrogens with one attached hydrogen (secondary N) is 1. The van der Waals surface area contributed by atoms with Crippen molar-refractivity contribution >= 4 is 39.5 Å². The molecule has 1 unspecified atom stereocenters. The Morgan fingerprint density at radius 3 is 2.89 bits per heavy atom. The highest BCUT2D eigenvalue weighted by molar-refractivity contribution is 7.16. The Morgan fingerprint density at radius 1 is 1.37 bits per heavy atom. The van der Waals surface area contributed by atoms with Crippen molar-refractivity contribution in [3.63, 3.8) is 0 Å². The second kappa shape index (κ2) is 8.59. The molecule has 1 atom stereocenters. The van der Waals surface area contributed by atoms with Crippen LogP contribution in [-0.2, 0) is 14.3 Å². The van der Waals surface area contributed by atoms with E-state index in [0.29, 0.717) is 23.5 Å². The highest BCUT2D eigenvalue weighted by atomic mass is 32.1.